The van der Waals surface area contributed by atoms with Crippen molar-refractivity contribution in [1.82, 2.24) is 14.9 Å². The second-order valence-corrected chi connectivity index (χ2v) is 8.41. The van der Waals surface area contributed by atoms with E-state index in [4.69, 9.17) is 9.97 Å². The van der Waals surface area contributed by atoms with Crippen LogP contribution in [-0.4, -0.2) is 60.7 Å². The van der Waals surface area contributed by atoms with Gasteiger partial charge in [-0.2, -0.15) is 4.98 Å². The number of piperazine rings is 1. The summed E-state index contributed by atoms with van der Waals surface area (Å²) >= 11 is 0. The molecule has 156 valence electrons. The number of benzene rings is 1. The Kier molecular flexibility index (Phi) is 6.19. The highest BCUT2D eigenvalue weighted by atomic mass is 15.3. The molecule has 2 aliphatic rings. The van der Waals surface area contributed by atoms with E-state index in [1.807, 2.05) is 6.07 Å². The fraction of sp³-hybridized carbons (Fsp3) is 0.565. The van der Waals surface area contributed by atoms with Crippen molar-refractivity contribution in [3.05, 3.63) is 36.0 Å². The molecule has 1 aromatic heterocycles. The Morgan fingerprint density at radius 2 is 1.76 bits per heavy atom. The molecule has 29 heavy (non-hydrogen) atoms. The summed E-state index contributed by atoms with van der Waals surface area (Å²) in [5.41, 5.74) is 3.37. The molecule has 0 saturated carbocycles. The van der Waals surface area contributed by atoms with Crippen molar-refractivity contribution in [3.8, 4) is 0 Å². The molecule has 2 fully saturated rings. The predicted molar refractivity (Wildman–Crippen MR) is 121 cm³/mol. The highest BCUT2D eigenvalue weighted by Gasteiger charge is 2.23. The van der Waals surface area contributed by atoms with E-state index in [2.05, 4.69) is 65.2 Å². The fourth-order valence-corrected chi connectivity index (χ4v) is 4.40. The molecule has 0 spiro atoms. The average molecular weight is 395 g/mol. The van der Waals surface area contributed by atoms with Gasteiger partial charge in [-0.1, -0.05) is 6.92 Å². The molecule has 0 aliphatic carbocycles. The van der Waals surface area contributed by atoms with Gasteiger partial charge in [0.2, 0.25) is 5.95 Å². The molecule has 0 amide bonds. The molecule has 6 nitrogen and oxygen atoms in total. The first kappa shape index (κ1) is 20.0. The van der Waals surface area contributed by atoms with E-state index in [9.17, 15) is 0 Å². The van der Waals surface area contributed by atoms with E-state index in [0.29, 0.717) is 6.04 Å². The van der Waals surface area contributed by atoms with Crippen molar-refractivity contribution >= 4 is 23.1 Å². The van der Waals surface area contributed by atoms with Crippen molar-refractivity contribution in [2.24, 2.45) is 0 Å². The van der Waals surface area contributed by atoms with Crippen LogP contribution in [0.2, 0.25) is 0 Å². The second kappa shape index (κ2) is 8.99. The van der Waals surface area contributed by atoms with Crippen molar-refractivity contribution in [2.45, 2.75) is 45.6 Å². The predicted octanol–water partition coefficient (Wildman–Crippen LogP) is 4.05. The molecule has 2 aliphatic heterocycles. The van der Waals surface area contributed by atoms with Crippen molar-refractivity contribution in [3.63, 3.8) is 0 Å². The summed E-state index contributed by atoms with van der Waals surface area (Å²) in [7, 11) is 2.19. The summed E-state index contributed by atoms with van der Waals surface area (Å²) in [5.74, 6) is 1.74. The van der Waals surface area contributed by atoms with E-state index in [0.717, 1.165) is 62.3 Å². The van der Waals surface area contributed by atoms with Gasteiger partial charge in [0, 0.05) is 61.9 Å². The van der Waals surface area contributed by atoms with Gasteiger partial charge in [-0.3, -0.25) is 0 Å². The number of likely N-dealkylation sites (N-methyl/N-ethyl adjacent to an activating group) is 1. The van der Waals surface area contributed by atoms with Crippen LogP contribution in [0.3, 0.4) is 0 Å². The average Bonchev–Trinajstić information content (AvgIpc) is 2.74. The highest BCUT2D eigenvalue weighted by Crippen LogP contribution is 2.27. The largest absolute Gasteiger partial charge is 0.369 e. The molecular formula is C23H34N6. The van der Waals surface area contributed by atoms with Crippen LogP contribution in [0.5, 0.6) is 0 Å². The van der Waals surface area contributed by atoms with Gasteiger partial charge in [-0.25, -0.2) is 4.98 Å². The lowest BCUT2D eigenvalue weighted by atomic mass is 10.0. The minimum absolute atomic E-state index is 0.557. The zero-order valence-corrected chi connectivity index (χ0v) is 18.1. The van der Waals surface area contributed by atoms with Gasteiger partial charge >= 0.3 is 0 Å². The van der Waals surface area contributed by atoms with Crippen LogP contribution in [-0.2, 0) is 0 Å². The van der Waals surface area contributed by atoms with Gasteiger partial charge in [-0.15, -0.1) is 0 Å². The van der Waals surface area contributed by atoms with E-state index in [1.165, 1.54) is 24.9 Å². The number of rotatable bonds is 5. The number of piperidine rings is 1. The summed E-state index contributed by atoms with van der Waals surface area (Å²) in [5, 5.41) is 3.49. The van der Waals surface area contributed by atoms with Gasteiger partial charge in [0.15, 0.2) is 0 Å². The van der Waals surface area contributed by atoms with Crippen LogP contribution in [0.15, 0.2) is 30.3 Å². The minimum atomic E-state index is 0.557. The highest BCUT2D eigenvalue weighted by molar-refractivity contribution is 5.62. The monoisotopic (exact) mass is 394 g/mol. The second-order valence-electron chi connectivity index (χ2n) is 8.41. The molecule has 0 bridgehead atoms. The number of hydrogen-bond acceptors (Lipinski definition) is 6. The molecule has 3 heterocycles. The van der Waals surface area contributed by atoms with E-state index < -0.39 is 0 Å². The lowest BCUT2D eigenvalue weighted by Crippen LogP contribution is -2.44. The smallest absolute Gasteiger partial charge is 0.227 e. The third kappa shape index (κ3) is 4.81. The summed E-state index contributed by atoms with van der Waals surface area (Å²) < 4.78 is 0. The lowest BCUT2D eigenvalue weighted by Gasteiger charge is -2.35. The first-order valence-corrected chi connectivity index (χ1v) is 11.1. The standard InChI is InChI=1S/C23H34N6/c1-4-20-7-5-6-12-29(20)23-24-18(2)17-22(26-23)25-19-8-10-21(11-9-19)28-15-13-27(3)14-16-28/h8-11,17,20H,4-7,12-16H2,1-3H3,(H,24,25,26). The maximum Gasteiger partial charge on any atom is 0.227 e. The molecule has 1 atom stereocenters. The van der Waals surface area contributed by atoms with E-state index >= 15 is 0 Å². The van der Waals surface area contributed by atoms with Crippen molar-refractivity contribution in [2.75, 3.05) is 54.9 Å². The molecule has 1 N–H and O–H groups in total. The number of nitrogens with one attached hydrogen (secondary N) is 1. The Bertz CT molecular complexity index is 798. The van der Waals surface area contributed by atoms with Gasteiger partial charge < -0.3 is 20.0 Å². The zero-order chi connectivity index (χ0) is 20.2. The maximum atomic E-state index is 4.86. The number of aryl methyl sites for hydroxylation is 1. The molecule has 1 unspecified atom stereocenters. The van der Waals surface area contributed by atoms with Crippen LogP contribution >= 0.6 is 0 Å². The van der Waals surface area contributed by atoms with Crippen LogP contribution in [0.1, 0.15) is 38.3 Å². The van der Waals surface area contributed by atoms with E-state index in [-0.39, 0.29) is 0 Å². The normalized spacial score (nSPS) is 20.7. The molecule has 1 aromatic carbocycles. The van der Waals surface area contributed by atoms with Gasteiger partial charge in [0.05, 0.1) is 0 Å². The minimum Gasteiger partial charge on any atom is -0.369 e. The number of nitrogens with zero attached hydrogens (tertiary/aromatic N) is 5. The lowest BCUT2D eigenvalue weighted by molar-refractivity contribution is 0.313. The summed E-state index contributed by atoms with van der Waals surface area (Å²) in [4.78, 5) is 16.8. The quantitative estimate of drug-likeness (QED) is 0.826. The Morgan fingerprint density at radius 1 is 1.00 bits per heavy atom. The summed E-state index contributed by atoms with van der Waals surface area (Å²) in [6.45, 7) is 9.80. The maximum absolute atomic E-state index is 4.86. The Balaban J connectivity index is 1.47. The third-order valence-corrected chi connectivity index (χ3v) is 6.21. The third-order valence-electron chi connectivity index (χ3n) is 6.21. The first-order valence-electron chi connectivity index (χ1n) is 11.1. The van der Waals surface area contributed by atoms with Crippen LogP contribution in [0, 0.1) is 6.92 Å². The Morgan fingerprint density at radius 3 is 2.48 bits per heavy atom. The molecule has 2 aromatic rings. The fourth-order valence-electron chi connectivity index (χ4n) is 4.40. The van der Waals surface area contributed by atoms with Crippen LogP contribution < -0.4 is 15.1 Å². The molecule has 6 heteroatoms. The molecule has 4 rings (SSSR count). The van der Waals surface area contributed by atoms with E-state index in [1.54, 1.807) is 0 Å². The Labute approximate surface area is 174 Å². The van der Waals surface area contributed by atoms with Crippen molar-refractivity contribution < 1.29 is 0 Å². The molecule has 2 saturated heterocycles. The topological polar surface area (TPSA) is 47.5 Å². The summed E-state index contributed by atoms with van der Waals surface area (Å²) in [6.07, 6.45) is 4.92. The first-order chi connectivity index (χ1) is 14.1. The SMILES string of the molecule is CCC1CCCCN1c1nc(C)cc(Nc2ccc(N3CCN(C)CC3)cc2)n1. The zero-order valence-electron chi connectivity index (χ0n) is 18.1. The van der Waals surface area contributed by atoms with Crippen LogP contribution in [0.4, 0.5) is 23.1 Å². The Hall–Kier alpha value is -2.34. The van der Waals surface area contributed by atoms with Gasteiger partial charge in [0.1, 0.15) is 5.82 Å². The molecular weight excluding hydrogens is 360 g/mol. The number of anilines is 4. The molecule has 0 radical (unpaired) electrons. The number of aromatic nitrogens is 2. The van der Waals surface area contributed by atoms with Gasteiger partial charge in [0.25, 0.3) is 0 Å². The van der Waals surface area contributed by atoms with Gasteiger partial charge in [-0.05, 0) is 63.9 Å². The summed E-state index contributed by atoms with van der Waals surface area (Å²) in [6, 6.07) is 11.3. The number of hydrogen-bond donors (Lipinski definition) is 1. The van der Waals surface area contributed by atoms with Crippen molar-refractivity contribution in [1.29, 1.82) is 0 Å². The van der Waals surface area contributed by atoms with Crippen LogP contribution in [0.25, 0.3) is 0 Å².